The first-order valence-electron chi connectivity index (χ1n) is 9.38. The van der Waals surface area contributed by atoms with Crippen LogP contribution >= 0.6 is 0 Å². The van der Waals surface area contributed by atoms with Gasteiger partial charge in [0.25, 0.3) is 11.8 Å². The summed E-state index contributed by atoms with van der Waals surface area (Å²) in [5, 5.41) is 2.85. The van der Waals surface area contributed by atoms with Crippen LogP contribution in [0.3, 0.4) is 0 Å². The first kappa shape index (κ1) is 19.0. The van der Waals surface area contributed by atoms with E-state index < -0.39 is 6.10 Å². The van der Waals surface area contributed by atoms with Crippen LogP contribution in [0.1, 0.15) is 41.3 Å². The monoisotopic (exact) mass is 366 g/mol. The zero-order chi connectivity index (χ0) is 19.4. The van der Waals surface area contributed by atoms with Crippen LogP contribution in [0.2, 0.25) is 0 Å². The molecule has 1 atom stereocenters. The van der Waals surface area contributed by atoms with E-state index in [1.807, 2.05) is 43.0 Å². The second kappa shape index (κ2) is 8.25. The number of amides is 2. The molecule has 1 fully saturated rings. The zero-order valence-corrected chi connectivity index (χ0v) is 16.1. The molecule has 0 radical (unpaired) electrons. The maximum atomic E-state index is 12.7. The summed E-state index contributed by atoms with van der Waals surface area (Å²) in [4.78, 5) is 27.2. The van der Waals surface area contributed by atoms with Crippen molar-refractivity contribution in [1.29, 1.82) is 0 Å². The molecule has 1 saturated heterocycles. The SMILES string of the molecule is Cc1cc(C)cc(O[C@H](C)C(=O)Nc2ccccc2C(=O)N2CCCC2)c1. The van der Waals surface area contributed by atoms with Gasteiger partial charge in [0, 0.05) is 13.1 Å². The van der Waals surface area contributed by atoms with E-state index in [1.54, 1.807) is 19.1 Å². The van der Waals surface area contributed by atoms with Gasteiger partial charge in [-0.15, -0.1) is 0 Å². The van der Waals surface area contributed by atoms with Gasteiger partial charge in [-0.2, -0.15) is 0 Å². The number of anilines is 1. The standard InChI is InChI=1S/C22H26N2O3/c1-15-12-16(2)14-18(13-15)27-17(3)21(25)23-20-9-5-4-8-19(20)22(26)24-10-6-7-11-24/h4-5,8-9,12-14,17H,6-7,10-11H2,1-3H3,(H,23,25)/t17-/m1/s1. The minimum absolute atomic E-state index is 0.0359. The third-order valence-electron chi connectivity index (χ3n) is 4.69. The van der Waals surface area contributed by atoms with E-state index >= 15 is 0 Å². The minimum atomic E-state index is -0.679. The van der Waals surface area contributed by atoms with Gasteiger partial charge in [-0.1, -0.05) is 18.2 Å². The van der Waals surface area contributed by atoms with Gasteiger partial charge >= 0.3 is 0 Å². The fourth-order valence-corrected chi connectivity index (χ4v) is 3.36. The van der Waals surface area contributed by atoms with Crippen LogP contribution in [-0.4, -0.2) is 35.9 Å². The van der Waals surface area contributed by atoms with Gasteiger partial charge in [0.1, 0.15) is 5.75 Å². The number of benzene rings is 2. The number of aryl methyl sites for hydroxylation is 2. The lowest BCUT2D eigenvalue weighted by atomic mass is 10.1. The van der Waals surface area contributed by atoms with E-state index in [-0.39, 0.29) is 11.8 Å². The van der Waals surface area contributed by atoms with Gasteiger partial charge in [0.15, 0.2) is 6.10 Å². The predicted octanol–water partition coefficient (Wildman–Crippen LogP) is 3.95. The number of hydrogen-bond donors (Lipinski definition) is 1. The molecule has 0 saturated carbocycles. The normalized spacial score (nSPS) is 14.7. The van der Waals surface area contributed by atoms with E-state index in [1.165, 1.54) is 0 Å². The van der Waals surface area contributed by atoms with Crippen molar-refractivity contribution in [3.05, 3.63) is 59.2 Å². The molecule has 1 N–H and O–H groups in total. The summed E-state index contributed by atoms with van der Waals surface area (Å²) >= 11 is 0. The molecule has 0 spiro atoms. The van der Waals surface area contributed by atoms with Crippen LogP contribution in [0.4, 0.5) is 5.69 Å². The van der Waals surface area contributed by atoms with Crippen molar-refractivity contribution in [3.8, 4) is 5.75 Å². The topological polar surface area (TPSA) is 58.6 Å². The summed E-state index contributed by atoms with van der Waals surface area (Å²) in [6, 6.07) is 13.0. The van der Waals surface area contributed by atoms with Gasteiger partial charge in [0.05, 0.1) is 11.3 Å². The van der Waals surface area contributed by atoms with E-state index in [0.717, 1.165) is 37.1 Å². The highest BCUT2D eigenvalue weighted by molar-refractivity contribution is 6.04. The number of rotatable bonds is 5. The molecular formula is C22H26N2O3. The number of nitrogens with one attached hydrogen (secondary N) is 1. The van der Waals surface area contributed by atoms with Gasteiger partial charge < -0.3 is 15.0 Å². The summed E-state index contributed by atoms with van der Waals surface area (Å²) in [6.45, 7) is 7.23. The van der Waals surface area contributed by atoms with E-state index in [2.05, 4.69) is 11.4 Å². The first-order valence-corrected chi connectivity index (χ1v) is 9.38. The van der Waals surface area contributed by atoms with E-state index in [9.17, 15) is 9.59 Å². The van der Waals surface area contributed by atoms with Crippen molar-refractivity contribution in [2.24, 2.45) is 0 Å². The average molecular weight is 366 g/mol. The predicted molar refractivity (Wildman–Crippen MR) is 106 cm³/mol. The van der Waals surface area contributed by atoms with Gasteiger partial charge in [0.2, 0.25) is 0 Å². The summed E-state index contributed by atoms with van der Waals surface area (Å²) in [5.41, 5.74) is 3.21. The number of ether oxygens (including phenoxy) is 1. The lowest BCUT2D eigenvalue weighted by molar-refractivity contribution is -0.122. The van der Waals surface area contributed by atoms with Crippen LogP contribution in [0, 0.1) is 13.8 Å². The van der Waals surface area contributed by atoms with Crippen LogP contribution in [0.15, 0.2) is 42.5 Å². The molecule has 142 valence electrons. The maximum Gasteiger partial charge on any atom is 0.265 e. The third kappa shape index (κ3) is 4.67. The molecular weight excluding hydrogens is 340 g/mol. The Balaban J connectivity index is 1.71. The second-order valence-electron chi connectivity index (χ2n) is 7.12. The quantitative estimate of drug-likeness (QED) is 0.872. The summed E-state index contributed by atoms with van der Waals surface area (Å²) in [5.74, 6) is 0.346. The highest BCUT2D eigenvalue weighted by atomic mass is 16.5. The minimum Gasteiger partial charge on any atom is -0.481 e. The molecule has 1 aliphatic rings. The number of hydrogen-bond acceptors (Lipinski definition) is 3. The van der Waals surface area contributed by atoms with Crippen LogP contribution in [-0.2, 0) is 4.79 Å². The van der Waals surface area contributed by atoms with Gasteiger partial charge in [-0.25, -0.2) is 0 Å². The third-order valence-corrected chi connectivity index (χ3v) is 4.69. The highest BCUT2D eigenvalue weighted by Crippen LogP contribution is 2.22. The van der Waals surface area contributed by atoms with Crippen LogP contribution in [0.25, 0.3) is 0 Å². The Morgan fingerprint density at radius 2 is 1.67 bits per heavy atom. The lowest BCUT2D eigenvalue weighted by Gasteiger charge is -2.19. The average Bonchev–Trinajstić information content (AvgIpc) is 3.15. The molecule has 1 aliphatic heterocycles. The smallest absolute Gasteiger partial charge is 0.265 e. The highest BCUT2D eigenvalue weighted by Gasteiger charge is 2.23. The number of para-hydroxylation sites is 1. The fraction of sp³-hybridized carbons (Fsp3) is 0.364. The van der Waals surface area contributed by atoms with E-state index in [0.29, 0.717) is 17.0 Å². The molecule has 2 amide bonds. The largest absolute Gasteiger partial charge is 0.481 e. The Morgan fingerprint density at radius 3 is 2.33 bits per heavy atom. The van der Waals surface area contributed by atoms with Crippen LogP contribution < -0.4 is 10.1 Å². The Morgan fingerprint density at radius 1 is 1.04 bits per heavy atom. The number of likely N-dealkylation sites (tertiary alicyclic amines) is 1. The van der Waals surface area contributed by atoms with Gasteiger partial charge in [-0.05, 0) is 69.0 Å². The number of carbonyl (C=O) groups excluding carboxylic acids is 2. The maximum absolute atomic E-state index is 12.7. The Bertz CT molecular complexity index is 821. The molecule has 1 heterocycles. The molecule has 0 bridgehead atoms. The summed E-state index contributed by atoms with van der Waals surface area (Å²) in [6.07, 6.45) is 1.38. The van der Waals surface area contributed by atoms with Crippen molar-refractivity contribution in [2.75, 3.05) is 18.4 Å². The molecule has 5 heteroatoms. The first-order chi connectivity index (χ1) is 12.9. The lowest BCUT2D eigenvalue weighted by Crippen LogP contribution is -2.32. The zero-order valence-electron chi connectivity index (χ0n) is 16.1. The Kier molecular flexibility index (Phi) is 5.79. The molecule has 27 heavy (non-hydrogen) atoms. The van der Waals surface area contributed by atoms with Gasteiger partial charge in [-0.3, -0.25) is 9.59 Å². The Hall–Kier alpha value is -2.82. The molecule has 2 aromatic carbocycles. The van der Waals surface area contributed by atoms with Crippen molar-refractivity contribution >= 4 is 17.5 Å². The van der Waals surface area contributed by atoms with Crippen molar-refractivity contribution in [1.82, 2.24) is 4.90 Å². The Labute approximate surface area is 160 Å². The summed E-state index contributed by atoms with van der Waals surface area (Å²) in [7, 11) is 0. The van der Waals surface area contributed by atoms with Crippen molar-refractivity contribution < 1.29 is 14.3 Å². The molecule has 2 aromatic rings. The van der Waals surface area contributed by atoms with E-state index in [4.69, 9.17) is 4.74 Å². The molecule has 5 nitrogen and oxygen atoms in total. The molecule has 3 rings (SSSR count). The van der Waals surface area contributed by atoms with Crippen molar-refractivity contribution in [3.63, 3.8) is 0 Å². The van der Waals surface area contributed by atoms with Crippen molar-refractivity contribution in [2.45, 2.75) is 39.7 Å². The molecule has 0 unspecified atom stereocenters. The fourth-order valence-electron chi connectivity index (χ4n) is 3.36. The second-order valence-corrected chi connectivity index (χ2v) is 7.12. The molecule has 0 aromatic heterocycles. The number of nitrogens with zero attached hydrogens (tertiary/aromatic N) is 1. The number of carbonyl (C=O) groups is 2. The van der Waals surface area contributed by atoms with Crippen LogP contribution in [0.5, 0.6) is 5.75 Å². The summed E-state index contributed by atoms with van der Waals surface area (Å²) < 4.78 is 5.80. The molecule has 0 aliphatic carbocycles.